The molecule has 3 nitrogen and oxygen atoms in total. The van der Waals surface area contributed by atoms with Crippen LogP contribution in [0.2, 0.25) is 0 Å². The van der Waals surface area contributed by atoms with Crippen LogP contribution in [0, 0.1) is 12.8 Å². The summed E-state index contributed by atoms with van der Waals surface area (Å²) in [5.74, 6) is 0.782. The van der Waals surface area contributed by atoms with Crippen LogP contribution in [-0.4, -0.2) is 12.5 Å². The van der Waals surface area contributed by atoms with Crippen LogP contribution in [0.15, 0.2) is 18.2 Å². The minimum Gasteiger partial charge on any atom is -0.398 e. The summed E-state index contributed by atoms with van der Waals surface area (Å²) in [7, 11) is 0. The first kappa shape index (κ1) is 12.0. The topological polar surface area (TPSA) is 55.1 Å². The molecule has 2 rings (SSSR count). The summed E-state index contributed by atoms with van der Waals surface area (Å²) >= 11 is 0. The van der Waals surface area contributed by atoms with E-state index in [1.165, 1.54) is 19.3 Å². The van der Waals surface area contributed by atoms with E-state index < -0.39 is 0 Å². The number of amides is 1. The first-order valence-electron chi connectivity index (χ1n) is 6.32. The lowest BCUT2D eigenvalue weighted by atomic mass is 9.83. The highest BCUT2D eigenvalue weighted by Gasteiger charge is 2.17. The van der Waals surface area contributed by atoms with Gasteiger partial charge in [0.25, 0.3) is 5.91 Å². The van der Waals surface area contributed by atoms with Crippen LogP contribution >= 0.6 is 0 Å². The Hall–Kier alpha value is -1.51. The van der Waals surface area contributed by atoms with E-state index >= 15 is 0 Å². The third-order valence-electron chi connectivity index (χ3n) is 3.59. The molecule has 0 aliphatic heterocycles. The minimum absolute atomic E-state index is 0.0417. The molecule has 1 fully saturated rings. The molecule has 0 spiro atoms. The van der Waals surface area contributed by atoms with Crippen molar-refractivity contribution in [3.8, 4) is 0 Å². The van der Waals surface area contributed by atoms with Crippen molar-refractivity contribution < 1.29 is 4.79 Å². The first-order chi connectivity index (χ1) is 8.18. The van der Waals surface area contributed by atoms with Gasteiger partial charge in [-0.15, -0.1) is 0 Å². The second kappa shape index (κ2) is 5.21. The number of benzene rings is 1. The van der Waals surface area contributed by atoms with Gasteiger partial charge in [-0.3, -0.25) is 4.79 Å². The van der Waals surface area contributed by atoms with E-state index in [9.17, 15) is 4.79 Å². The van der Waals surface area contributed by atoms with Gasteiger partial charge in [0.15, 0.2) is 0 Å². The third kappa shape index (κ3) is 2.78. The van der Waals surface area contributed by atoms with Crippen molar-refractivity contribution in [1.29, 1.82) is 0 Å². The highest BCUT2D eigenvalue weighted by molar-refractivity contribution is 6.00. The van der Waals surface area contributed by atoms with E-state index in [1.807, 2.05) is 19.1 Å². The second-order valence-electron chi connectivity index (χ2n) is 4.88. The van der Waals surface area contributed by atoms with E-state index in [2.05, 4.69) is 5.32 Å². The molecule has 17 heavy (non-hydrogen) atoms. The lowest BCUT2D eigenvalue weighted by Gasteiger charge is -2.25. The summed E-state index contributed by atoms with van der Waals surface area (Å²) < 4.78 is 0. The van der Waals surface area contributed by atoms with Gasteiger partial charge in [-0.25, -0.2) is 0 Å². The summed E-state index contributed by atoms with van der Waals surface area (Å²) in [4.78, 5) is 12.0. The van der Waals surface area contributed by atoms with Gasteiger partial charge in [0.05, 0.1) is 5.56 Å². The molecule has 0 saturated heterocycles. The van der Waals surface area contributed by atoms with Gasteiger partial charge in [0.2, 0.25) is 0 Å². The Labute approximate surface area is 102 Å². The molecule has 1 aliphatic carbocycles. The van der Waals surface area contributed by atoms with Gasteiger partial charge in [-0.05, 0) is 30.9 Å². The average molecular weight is 232 g/mol. The number of nitrogens with two attached hydrogens (primary N) is 1. The highest BCUT2D eigenvalue weighted by Crippen LogP contribution is 2.28. The van der Waals surface area contributed by atoms with Crippen molar-refractivity contribution in [2.24, 2.45) is 5.92 Å². The molecular weight excluding hydrogens is 212 g/mol. The van der Waals surface area contributed by atoms with Gasteiger partial charge in [-0.1, -0.05) is 31.4 Å². The van der Waals surface area contributed by atoms with E-state index in [4.69, 9.17) is 5.73 Å². The van der Waals surface area contributed by atoms with Crippen molar-refractivity contribution in [1.82, 2.24) is 5.32 Å². The van der Waals surface area contributed by atoms with Crippen molar-refractivity contribution in [2.45, 2.75) is 32.6 Å². The van der Waals surface area contributed by atoms with Crippen molar-refractivity contribution in [3.05, 3.63) is 29.3 Å². The second-order valence-corrected chi connectivity index (χ2v) is 4.88. The monoisotopic (exact) mass is 232 g/mol. The first-order valence-corrected chi connectivity index (χ1v) is 6.32. The van der Waals surface area contributed by atoms with Gasteiger partial charge < -0.3 is 11.1 Å². The number of nitrogens with one attached hydrogen (secondary N) is 1. The quantitative estimate of drug-likeness (QED) is 0.784. The van der Waals surface area contributed by atoms with E-state index in [1.54, 1.807) is 6.07 Å². The molecule has 0 aromatic heterocycles. The number of nitrogen functional groups attached to an aromatic ring is 1. The molecule has 0 radical (unpaired) electrons. The van der Waals surface area contributed by atoms with Crippen LogP contribution in [0.4, 0.5) is 5.69 Å². The van der Waals surface area contributed by atoms with Gasteiger partial charge >= 0.3 is 0 Å². The maximum absolute atomic E-state index is 12.0. The number of rotatable bonds is 4. The zero-order chi connectivity index (χ0) is 12.3. The predicted octanol–water partition coefficient (Wildman–Crippen LogP) is 2.50. The number of carbonyl (C=O) groups excluding carboxylic acids is 1. The summed E-state index contributed by atoms with van der Waals surface area (Å²) in [6.45, 7) is 2.68. The van der Waals surface area contributed by atoms with Crippen molar-refractivity contribution in [3.63, 3.8) is 0 Å². The maximum atomic E-state index is 12.0. The van der Waals surface area contributed by atoms with Crippen LogP contribution in [0.25, 0.3) is 0 Å². The molecule has 0 atom stereocenters. The Morgan fingerprint density at radius 3 is 2.82 bits per heavy atom. The Balaban J connectivity index is 1.90. The Morgan fingerprint density at radius 2 is 2.24 bits per heavy atom. The molecule has 0 bridgehead atoms. The Kier molecular flexibility index (Phi) is 3.67. The molecule has 1 aromatic rings. The number of hydrogen-bond acceptors (Lipinski definition) is 2. The van der Waals surface area contributed by atoms with E-state index in [0.29, 0.717) is 11.3 Å². The van der Waals surface area contributed by atoms with Crippen LogP contribution in [0.3, 0.4) is 0 Å². The lowest BCUT2D eigenvalue weighted by Crippen LogP contribution is -2.28. The van der Waals surface area contributed by atoms with Crippen LogP contribution < -0.4 is 11.1 Å². The van der Waals surface area contributed by atoms with Gasteiger partial charge in [-0.2, -0.15) is 0 Å². The predicted molar refractivity (Wildman–Crippen MR) is 69.9 cm³/mol. The third-order valence-corrected chi connectivity index (χ3v) is 3.59. The van der Waals surface area contributed by atoms with Crippen LogP contribution in [0.5, 0.6) is 0 Å². The highest BCUT2D eigenvalue weighted by atomic mass is 16.1. The summed E-state index contributed by atoms with van der Waals surface area (Å²) in [5.41, 5.74) is 7.95. The number of aryl methyl sites for hydroxylation is 1. The number of carbonyl (C=O) groups is 1. The molecule has 1 amide bonds. The molecule has 1 aliphatic rings. The molecular formula is C14H20N2O. The summed E-state index contributed by atoms with van der Waals surface area (Å²) in [6, 6.07) is 5.56. The van der Waals surface area contributed by atoms with Gasteiger partial charge in [0.1, 0.15) is 0 Å². The van der Waals surface area contributed by atoms with Crippen LogP contribution in [0.1, 0.15) is 41.6 Å². The SMILES string of the molecule is Cc1cccc(N)c1C(=O)NCCC1CCC1. The maximum Gasteiger partial charge on any atom is 0.253 e. The normalized spacial score (nSPS) is 15.4. The van der Waals surface area contributed by atoms with Gasteiger partial charge in [0, 0.05) is 12.2 Å². The standard InChI is InChI=1S/C14H20N2O/c1-10-4-2-7-12(15)13(10)14(17)16-9-8-11-5-3-6-11/h2,4,7,11H,3,5-6,8-9,15H2,1H3,(H,16,17). The molecule has 3 heteroatoms. The lowest BCUT2D eigenvalue weighted by molar-refractivity contribution is 0.0949. The summed E-state index contributed by atoms with van der Waals surface area (Å²) in [6.07, 6.45) is 5.09. The zero-order valence-corrected chi connectivity index (χ0v) is 10.3. The molecule has 92 valence electrons. The van der Waals surface area contributed by atoms with E-state index in [0.717, 1.165) is 24.4 Å². The number of anilines is 1. The Bertz CT molecular complexity index is 390. The fourth-order valence-corrected chi connectivity index (χ4v) is 2.26. The van der Waals surface area contributed by atoms with E-state index in [-0.39, 0.29) is 5.91 Å². The van der Waals surface area contributed by atoms with Crippen molar-refractivity contribution >= 4 is 11.6 Å². The molecule has 1 saturated carbocycles. The molecule has 0 unspecified atom stereocenters. The van der Waals surface area contributed by atoms with Crippen molar-refractivity contribution in [2.75, 3.05) is 12.3 Å². The average Bonchev–Trinajstić information content (AvgIpc) is 2.21. The molecule has 3 N–H and O–H groups in total. The molecule has 1 aromatic carbocycles. The smallest absolute Gasteiger partial charge is 0.253 e. The largest absolute Gasteiger partial charge is 0.398 e. The summed E-state index contributed by atoms with van der Waals surface area (Å²) in [5, 5.41) is 2.96. The Morgan fingerprint density at radius 1 is 1.47 bits per heavy atom. The number of hydrogen-bond donors (Lipinski definition) is 2. The van der Waals surface area contributed by atoms with Crippen LogP contribution in [-0.2, 0) is 0 Å². The molecule has 0 heterocycles. The fraction of sp³-hybridized carbons (Fsp3) is 0.500. The fourth-order valence-electron chi connectivity index (χ4n) is 2.26. The zero-order valence-electron chi connectivity index (χ0n) is 10.3. The minimum atomic E-state index is -0.0417.